The Hall–Kier alpha value is -1.71. The van der Waals surface area contributed by atoms with Crippen LogP contribution in [0.3, 0.4) is 0 Å². The van der Waals surface area contributed by atoms with Gasteiger partial charge in [0.25, 0.3) is 5.69 Å². The van der Waals surface area contributed by atoms with E-state index in [4.69, 9.17) is 0 Å². The first-order valence-electron chi connectivity index (χ1n) is 8.80. The molecule has 0 atom stereocenters. The molecule has 3 rings (SSSR count). The van der Waals surface area contributed by atoms with Crippen LogP contribution in [0.2, 0.25) is 0 Å². The van der Waals surface area contributed by atoms with Crippen LogP contribution >= 0.6 is 0 Å². The van der Waals surface area contributed by atoms with Crippen LogP contribution in [0.4, 0.5) is 11.4 Å². The lowest BCUT2D eigenvalue weighted by Gasteiger charge is -2.32. The van der Waals surface area contributed by atoms with Gasteiger partial charge in [0.1, 0.15) is 5.69 Å². The molecule has 0 unspecified atom stereocenters. The molecule has 138 valence electrons. The maximum atomic E-state index is 12.7. The van der Waals surface area contributed by atoms with Crippen molar-refractivity contribution in [2.75, 3.05) is 50.7 Å². The van der Waals surface area contributed by atoms with Gasteiger partial charge in [0.05, 0.1) is 42.5 Å². The molecule has 9 heteroatoms. The molecule has 0 aliphatic carbocycles. The Morgan fingerprint density at radius 1 is 1.16 bits per heavy atom. The molecule has 2 fully saturated rings. The van der Waals surface area contributed by atoms with E-state index in [1.165, 1.54) is 21.3 Å². The van der Waals surface area contributed by atoms with Crippen LogP contribution in [-0.2, 0) is 10.0 Å². The Kier molecular flexibility index (Phi) is 5.26. The van der Waals surface area contributed by atoms with Crippen LogP contribution in [0.15, 0.2) is 23.1 Å². The van der Waals surface area contributed by atoms with Crippen molar-refractivity contribution in [1.82, 2.24) is 4.31 Å². The van der Waals surface area contributed by atoms with Crippen LogP contribution in [-0.4, -0.2) is 63.5 Å². The van der Waals surface area contributed by atoms with E-state index in [-0.39, 0.29) is 10.6 Å². The Balaban J connectivity index is 1.90. The molecule has 1 aromatic rings. The van der Waals surface area contributed by atoms with Gasteiger partial charge in [0, 0.05) is 19.2 Å². The number of anilines is 1. The second-order valence-electron chi connectivity index (χ2n) is 6.61. The number of quaternary nitrogens is 1. The smallest absolute Gasteiger partial charge is 0.293 e. The van der Waals surface area contributed by atoms with Crippen LogP contribution in [0, 0.1) is 10.1 Å². The third-order valence-corrected chi connectivity index (χ3v) is 7.05. The van der Waals surface area contributed by atoms with Crippen molar-refractivity contribution in [3.63, 3.8) is 0 Å². The molecule has 0 radical (unpaired) electrons. The van der Waals surface area contributed by atoms with Gasteiger partial charge in [-0.2, -0.15) is 4.31 Å². The number of sulfonamides is 1. The lowest BCUT2D eigenvalue weighted by Crippen LogP contribution is -3.14. The van der Waals surface area contributed by atoms with Gasteiger partial charge in [-0.15, -0.1) is 0 Å². The Labute approximate surface area is 148 Å². The predicted molar refractivity (Wildman–Crippen MR) is 94.5 cm³/mol. The third-order valence-electron chi connectivity index (χ3n) is 5.16. The number of nitro benzene ring substituents is 1. The number of likely N-dealkylation sites (N-methyl/N-ethyl adjacent to an activating group) is 1. The van der Waals surface area contributed by atoms with Gasteiger partial charge < -0.3 is 9.80 Å². The molecule has 1 N–H and O–H groups in total. The molecule has 2 heterocycles. The van der Waals surface area contributed by atoms with Crippen LogP contribution < -0.4 is 9.80 Å². The van der Waals surface area contributed by atoms with Gasteiger partial charge in [-0.3, -0.25) is 10.1 Å². The van der Waals surface area contributed by atoms with E-state index in [1.54, 1.807) is 6.07 Å². The maximum absolute atomic E-state index is 12.7. The standard InChI is InChI=1S/C16H24N4O4S/c1-2-17-9-11-18(12-10-17)15-6-5-14(13-16(15)20(21)22)25(23,24)19-7-3-4-8-19/h5-6,13H,2-4,7-12H2,1H3/p+1. The van der Waals surface area contributed by atoms with Gasteiger partial charge in [-0.05, 0) is 31.9 Å². The van der Waals surface area contributed by atoms with E-state index in [2.05, 4.69) is 6.92 Å². The Bertz CT molecular complexity index is 739. The average Bonchev–Trinajstić information content (AvgIpc) is 3.17. The van der Waals surface area contributed by atoms with E-state index in [0.717, 1.165) is 45.6 Å². The van der Waals surface area contributed by atoms with Crippen molar-refractivity contribution in [1.29, 1.82) is 0 Å². The summed E-state index contributed by atoms with van der Waals surface area (Å²) >= 11 is 0. The molecule has 25 heavy (non-hydrogen) atoms. The Morgan fingerprint density at radius 2 is 1.80 bits per heavy atom. The minimum Gasteiger partial charge on any atom is -0.355 e. The molecule has 8 nitrogen and oxygen atoms in total. The summed E-state index contributed by atoms with van der Waals surface area (Å²) in [5.74, 6) is 0. The second kappa shape index (κ2) is 7.27. The minimum absolute atomic E-state index is 0.0164. The van der Waals surface area contributed by atoms with Crippen molar-refractivity contribution in [3.05, 3.63) is 28.3 Å². The third kappa shape index (κ3) is 3.63. The SMILES string of the molecule is CC[NH+]1CCN(c2ccc(S(=O)(=O)N3CCCC3)cc2[N+](=O)[O-])CC1. The molecule has 1 aromatic carbocycles. The monoisotopic (exact) mass is 369 g/mol. The number of nitrogens with zero attached hydrogens (tertiary/aromatic N) is 3. The van der Waals surface area contributed by atoms with Crippen molar-refractivity contribution in [3.8, 4) is 0 Å². The molecule has 2 aliphatic rings. The van der Waals surface area contributed by atoms with Crippen LogP contribution in [0.1, 0.15) is 19.8 Å². The fraction of sp³-hybridized carbons (Fsp3) is 0.625. The molecular weight excluding hydrogens is 344 g/mol. The quantitative estimate of drug-likeness (QED) is 0.588. The zero-order valence-corrected chi connectivity index (χ0v) is 15.3. The van der Waals surface area contributed by atoms with Gasteiger partial charge in [-0.1, -0.05) is 0 Å². The van der Waals surface area contributed by atoms with E-state index < -0.39 is 14.9 Å². The Morgan fingerprint density at radius 3 is 2.36 bits per heavy atom. The van der Waals surface area contributed by atoms with Crippen molar-refractivity contribution >= 4 is 21.4 Å². The minimum atomic E-state index is -3.65. The summed E-state index contributed by atoms with van der Waals surface area (Å²) < 4.78 is 26.7. The molecular formula is C16H25N4O4S+. The van der Waals surface area contributed by atoms with Crippen LogP contribution in [0.25, 0.3) is 0 Å². The summed E-state index contributed by atoms with van der Waals surface area (Å²) in [6, 6.07) is 4.33. The predicted octanol–water partition coefficient (Wildman–Crippen LogP) is 0.104. The lowest BCUT2D eigenvalue weighted by molar-refractivity contribution is -0.898. The largest absolute Gasteiger partial charge is 0.355 e. The average molecular weight is 369 g/mol. The molecule has 2 aliphatic heterocycles. The molecule has 0 aromatic heterocycles. The molecule has 2 saturated heterocycles. The molecule has 0 amide bonds. The van der Waals surface area contributed by atoms with Gasteiger partial charge in [0.2, 0.25) is 10.0 Å². The number of nitrogens with one attached hydrogen (secondary N) is 1. The first kappa shape index (κ1) is 18.1. The number of hydrogen-bond acceptors (Lipinski definition) is 5. The van der Waals surface area contributed by atoms with E-state index in [0.29, 0.717) is 18.8 Å². The van der Waals surface area contributed by atoms with Gasteiger partial charge >= 0.3 is 0 Å². The number of hydrogen-bond donors (Lipinski definition) is 1. The second-order valence-corrected chi connectivity index (χ2v) is 8.55. The van der Waals surface area contributed by atoms with Crippen LogP contribution in [0.5, 0.6) is 0 Å². The van der Waals surface area contributed by atoms with Crippen molar-refractivity contribution in [2.24, 2.45) is 0 Å². The fourth-order valence-electron chi connectivity index (χ4n) is 3.57. The van der Waals surface area contributed by atoms with E-state index in [1.807, 2.05) is 4.90 Å². The highest BCUT2D eigenvalue weighted by molar-refractivity contribution is 7.89. The number of benzene rings is 1. The topological polar surface area (TPSA) is 88.2 Å². The van der Waals surface area contributed by atoms with E-state index >= 15 is 0 Å². The number of rotatable bonds is 5. The lowest BCUT2D eigenvalue weighted by atomic mass is 10.2. The molecule has 0 bridgehead atoms. The number of nitro groups is 1. The van der Waals surface area contributed by atoms with Gasteiger partial charge in [0.15, 0.2) is 0 Å². The summed E-state index contributed by atoms with van der Waals surface area (Å²) in [4.78, 5) is 14.6. The summed E-state index contributed by atoms with van der Waals surface area (Å²) in [6.07, 6.45) is 1.67. The zero-order valence-electron chi connectivity index (χ0n) is 14.5. The summed E-state index contributed by atoms with van der Waals surface area (Å²) in [5, 5.41) is 11.6. The highest BCUT2D eigenvalue weighted by atomic mass is 32.2. The number of piperazine rings is 1. The molecule has 0 spiro atoms. The summed E-state index contributed by atoms with van der Waals surface area (Å²) in [6.45, 7) is 7.49. The highest BCUT2D eigenvalue weighted by Crippen LogP contribution is 2.32. The normalized spacial score (nSPS) is 20.1. The zero-order chi connectivity index (χ0) is 18.0. The highest BCUT2D eigenvalue weighted by Gasteiger charge is 2.31. The van der Waals surface area contributed by atoms with Crippen molar-refractivity contribution < 1.29 is 18.2 Å². The maximum Gasteiger partial charge on any atom is 0.293 e. The fourth-order valence-corrected chi connectivity index (χ4v) is 5.11. The van der Waals surface area contributed by atoms with Crippen molar-refractivity contribution in [2.45, 2.75) is 24.7 Å². The first-order chi connectivity index (χ1) is 11.9. The van der Waals surface area contributed by atoms with E-state index in [9.17, 15) is 18.5 Å². The molecule has 0 saturated carbocycles. The summed E-state index contributed by atoms with van der Waals surface area (Å²) in [7, 11) is -3.65. The first-order valence-corrected chi connectivity index (χ1v) is 10.2. The van der Waals surface area contributed by atoms with Gasteiger partial charge in [-0.25, -0.2) is 8.42 Å². The summed E-state index contributed by atoms with van der Waals surface area (Å²) in [5.41, 5.74) is 0.390.